The van der Waals surface area contributed by atoms with Crippen molar-refractivity contribution in [2.75, 3.05) is 10.6 Å². The van der Waals surface area contributed by atoms with Gasteiger partial charge in [-0.25, -0.2) is 13.2 Å². The third-order valence-corrected chi connectivity index (χ3v) is 3.50. The van der Waals surface area contributed by atoms with Gasteiger partial charge in [0.15, 0.2) is 0 Å². The van der Waals surface area contributed by atoms with Crippen LogP contribution in [0.3, 0.4) is 0 Å². The summed E-state index contributed by atoms with van der Waals surface area (Å²) in [5.41, 5.74) is -0.532. The highest BCUT2D eigenvalue weighted by molar-refractivity contribution is 9.10. The molecule has 1 rings (SSSR count). The topological polar surface area (TPSA) is 63.7 Å². The fourth-order valence-electron chi connectivity index (χ4n) is 1.31. The average molecular weight is 350 g/mol. The van der Waals surface area contributed by atoms with Gasteiger partial charge < -0.3 is 4.74 Å². The number of amides is 1. The van der Waals surface area contributed by atoms with Crippen LogP contribution >= 0.6 is 15.9 Å². The zero-order valence-electron chi connectivity index (χ0n) is 11.2. The summed E-state index contributed by atoms with van der Waals surface area (Å²) in [6.07, 6.45) is 0.0382. The molecule has 0 fully saturated rings. The van der Waals surface area contributed by atoms with Crippen molar-refractivity contribution in [2.24, 2.45) is 0 Å². The average Bonchev–Trinajstić information content (AvgIpc) is 2.16. The van der Waals surface area contributed by atoms with Gasteiger partial charge in [0.05, 0.1) is 11.9 Å². The van der Waals surface area contributed by atoms with E-state index in [-0.39, 0.29) is 5.69 Å². The molecule has 7 heteroatoms. The van der Waals surface area contributed by atoms with E-state index in [4.69, 9.17) is 4.74 Å². The van der Waals surface area contributed by atoms with E-state index in [1.165, 1.54) is 12.1 Å². The van der Waals surface area contributed by atoms with Gasteiger partial charge in [-0.05, 0) is 45.0 Å². The van der Waals surface area contributed by atoms with Gasteiger partial charge in [-0.3, -0.25) is 0 Å². The first-order valence-electron chi connectivity index (χ1n) is 5.49. The Kier molecular flexibility index (Phi) is 4.63. The van der Waals surface area contributed by atoms with Crippen LogP contribution in [0, 0.1) is 0 Å². The largest absolute Gasteiger partial charge is 0.443 e. The first kappa shape index (κ1) is 16.0. The maximum Gasteiger partial charge on any atom is 0.428 e. The van der Waals surface area contributed by atoms with Crippen LogP contribution in [0.5, 0.6) is 0 Å². The highest BCUT2D eigenvalue weighted by atomic mass is 79.9. The molecule has 0 saturated carbocycles. The second-order valence-electron chi connectivity index (χ2n) is 4.98. The molecule has 0 atom stereocenters. The van der Waals surface area contributed by atoms with E-state index in [2.05, 4.69) is 15.9 Å². The number of nitrogens with zero attached hydrogens (tertiary/aromatic N) is 1. The van der Waals surface area contributed by atoms with Gasteiger partial charge in [-0.2, -0.15) is 4.31 Å². The van der Waals surface area contributed by atoms with Crippen LogP contribution in [-0.2, 0) is 14.8 Å². The fourth-order valence-corrected chi connectivity index (χ4v) is 2.39. The lowest BCUT2D eigenvalue weighted by molar-refractivity contribution is 0.0609. The van der Waals surface area contributed by atoms with E-state index < -0.39 is 21.7 Å². The monoisotopic (exact) mass is 349 g/mol. The smallest absolute Gasteiger partial charge is 0.428 e. The van der Waals surface area contributed by atoms with Gasteiger partial charge >= 0.3 is 6.09 Å². The number of hydrogen-bond acceptors (Lipinski definition) is 4. The highest BCUT2D eigenvalue weighted by Crippen LogP contribution is 2.23. The Morgan fingerprint density at radius 2 is 1.68 bits per heavy atom. The van der Waals surface area contributed by atoms with Crippen LogP contribution < -0.4 is 4.31 Å². The standard InChI is InChI=1S/C12H16BrNO4S/c1-12(2,3)18-11(15)14(19(4,16)17)10-7-5-9(13)6-8-10/h5-8H,1-4H3. The Labute approximate surface area is 121 Å². The number of sulfonamides is 1. The van der Waals surface area contributed by atoms with Crippen molar-refractivity contribution in [1.29, 1.82) is 0 Å². The molecule has 0 aliphatic heterocycles. The molecule has 19 heavy (non-hydrogen) atoms. The number of carbonyl (C=O) groups excluding carboxylic acids is 1. The molecule has 0 aliphatic rings. The van der Waals surface area contributed by atoms with Gasteiger partial charge in [0.2, 0.25) is 10.0 Å². The summed E-state index contributed by atoms with van der Waals surface area (Å²) in [5.74, 6) is 0. The minimum Gasteiger partial charge on any atom is -0.443 e. The molecule has 0 N–H and O–H groups in total. The lowest BCUT2D eigenvalue weighted by Gasteiger charge is -2.25. The van der Waals surface area contributed by atoms with E-state index >= 15 is 0 Å². The predicted molar refractivity (Wildman–Crippen MR) is 77.7 cm³/mol. The quantitative estimate of drug-likeness (QED) is 0.822. The number of rotatable bonds is 2. The minimum atomic E-state index is -3.76. The number of benzene rings is 1. The van der Waals surface area contributed by atoms with E-state index in [0.717, 1.165) is 10.7 Å². The number of anilines is 1. The summed E-state index contributed by atoms with van der Waals surface area (Å²) in [4.78, 5) is 12.0. The van der Waals surface area contributed by atoms with Crippen molar-refractivity contribution in [2.45, 2.75) is 26.4 Å². The molecule has 0 bridgehead atoms. The van der Waals surface area contributed by atoms with Crippen molar-refractivity contribution in [1.82, 2.24) is 0 Å². The van der Waals surface area contributed by atoms with Crippen LogP contribution in [0.25, 0.3) is 0 Å². The summed E-state index contributed by atoms with van der Waals surface area (Å²) in [7, 11) is -3.76. The molecule has 0 spiro atoms. The van der Waals surface area contributed by atoms with E-state index in [1.807, 2.05) is 0 Å². The van der Waals surface area contributed by atoms with Crippen LogP contribution in [-0.4, -0.2) is 26.4 Å². The molecule has 0 aliphatic carbocycles. The van der Waals surface area contributed by atoms with Gasteiger partial charge in [0, 0.05) is 4.47 Å². The fraction of sp³-hybridized carbons (Fsp3) is 0.417. The van der Waals surface area contributed by atoms with Gasteiger partial charge in [-0.1, -0.05) is 15.9 Å². The van der Waals surface area contributed by atoms with E-state index in [9.17, 15) is 13.2 Å². The summed E-state index contributed by atoms with van der Waals surface area (Å²) >= 11 is 3.25. The van der Waals surface area contributed by atoms with E-state index in [1.54, 1.807) is 32.9 Å². The van der Waals surface area contributed by atoms with Crippen LogP contribution in [0.2, 0.25) is 0 Å². The number of halogens is 1. The first-order chi connectivity index (χ1) is 8.50. The van der Waals surface area contributed by atoms with Crippen LogP contribution in [0.15, 0.2) is 28.7 Å². The third kappa shape index (κ3) is 4.83. The molecule has 1 aromatic rings. The Balaban J connectivity index is 3.17. The maximum absolute atomic E-state index is 12.0. The van der Waals surface area contributed by atoms with E-state index in [0.29, 0.717) is 4.31 Å². The van der Waals surface area contributed by atoms with Gasteiger partial charge in [0.1, 0.15) is 5.60 Å². The van der Waals surface area contributed by atoms with Crippen molar-refractivity contribution < 1.29 is 17.9 Å². The molecule has 0 radical (unpaired) electrons. The summed E-state index contributed by atoms with van der Waals surface area (Å²) in [6, 6.07) is 6.35. The minimum absolute atomic E-state index is 0.236. The number of hydrogen-bond donors (Lipinski definition) is 0. The summed E-state index contributed by atoms with van der Waals surface area (Å²) in [6.45, 7) is 5.02. The number of carbonyl (C=O) groups is 1. The molecule has 0 unspecified atom stereocenters. The second-order valence-corrected chi connectivity index (χ2v) is 7.73. The molecular formula is C12H16BrNO4S. The number of ether oxygens (including phenoxy) is 1. The molecule has 0 aromatic heterocycles. The van der Waals surface area contributed by atoms with Crippen molar-refractivity contribution in [3.8, 4) is 0 Å². The first-order valence-corrected chi connectivity index (χ1v) is 8.14. The Morgan fingerprint density at radius 1 is 1.21 bits per heavy atom. The Hall–Kier alpha value is -1.08. The van der Waals surface area contributed by atoms with Crippen molar-refractivity contribution >= 4 is 37.7 Å². The normalized spacial score (nSPS) is 12.1. The Bertz CT molecular complexity index is 560. The summed E-state index contributed by atoms with van der Waals surface area (Å²) in [5, 5.41) is 0. The van der Waals surface area contributed by atoms with Crippen LogP contribution in [0.4, 0.5) is 10.5 Å². The lowest BCUT2D eigenvalue weighted by atomic mass is 10.2. The zero-order chi connectivity index (χ0) is 14.8. The lowest BCUT2D eigenvalue weighted by Crippen LogP contribution is -2.40. The molecule has 0 heterocycles. The molecule has 0 saturated heterocycles. The van der Waals surface area contributed by atoms with Gasteiger partial charge in [-0.15, -0.1) is 0 Å². The van der Waals surface area contributed by atoms with Crippen molar-refractivity contribution in [3.05, 3.63) is 28.7 Å². The zero-order valence-corrected chi connectivity index (χ0v) is 13.6. The maximum atomic E-state index is 12.0. The molecular weight excluding hydrogens is 334 g/mol. The second kappa shape index (κ2) is 5.50. The SMILES string of the molecule is CC(C)(C)OC(=O)N(c1ccc(Br)cc1)S(C)(=O)=O. The summed E-state index contributed by atoms with van der Waals surface area (Å²) < 4.78 is 30.1. The highest BCUT2D eigenvalue weighted by Gasteiger charge is 2.30. The molecule has 1 aromatic carbocycles. The predicted octanol–water partition coefficient (Wildman–Crippen LogP) is 3.15. The van der Waals surface area contributed by atoms with Crippen LogP contribution in [0.1, 0.15) is 20.8 Å². The Morgan fingerprint density at radius 3 is 2.05 bits per heavy atom. The van der Waals surface area contributed by atoms with Crippen molar-refractivity contribution in [3.63, 3.8) is 0 Å². The molecule has 106 valence electrons. The molecule has 1 amide bonds. The third-order valence-electron chi connectivity index (χ3n) is 1.95. The molecule has 5 nitrogen and oxygen atoms in total. The van der Waals surface area contributed by atoms with Gasteiger partial charge in [0.25, 0.3) is 0 Å².